The number of ether oxygens (including phenoxy) is 2. The Labute approximate surface area is 169 Å². The first kappa shape index (κ1) is 19.0. The van der Waals surface area contributed by atoms with Gasteiger partial charge in [0.15, 0.2) is 23.3 Å². The van der Waals surface area contributed by atoms with Crippen molar-refractivity contribution in [1.29, 1.82) is 0 Å². The number of nitrogens with zero attached hydrogens (tertiary/aromatic N) is 5. The Bertz CT molecular complexity index is 1020. The van der Waals surface area contributed by atoms with Gasteiger partial charge in [-0.2, -0.15) is 10.2 Å². The number of rotatable bonds is 5. The van der Waals surface area contributed by atoms with Crippen molar-refractivity contribution in [3.05, 3.63) is 59.2 Å². The molecule has 3 aromatic rings. The zero-order valence-corrected chi connectivity index (χ0v) is 17.1. The molecule has 0 aliphatic carbocycles. The number of amides is 1. The minimum Gasteiger partial charge on any atom is -0.486 e. The molecule has 1 aliphatic rings. The number of benzene rings is 1. The predicted molar refractivity (Wildman–Crippen MR) is 107 cm³/mol. The Hall–Kier alpha value is -3.29. The summed E-state index contributed by atoms with van der Waals surface area (Å²) in [5.74, 6) is 1.28. The fraction of sp³-hybridized carbons (Fsp3) is 0.381. The first-order chi connectivity index (χ1) is 13.9. The smallest absolute Gasteiger partial charge is 0.274 e. The van der Waals surface area contributed by atoms with Crippen molar-refractivity contribution in [2.45, 2.75) is 26.5 Å². The molecule has 0 spiro atoms. The van der Waals surface area contributed by atoms with E-state index in [2.05, 4.69) is 10.2 Å². The van der Waals surface area contributed by atoms with Crippen LogP contribution in [0.4, 0.5) is 0 Å². The summed E-state index contributed by atoms with van der Waals surface area (Å²) in [4.78, 5) is 15.0. The molecule has 0 unspecified atom stereocenters. The van der Waals surface area contributed by atoms with E-state index >= 15 is 0 Å². The summed E-state index contributed by atoms with van der Waals surface area (Å²) in [6, 6.07) is 11.4. The van der Waals surface area contributed by atoms with E-state index < -0.39 is 0 Å². The normalized spacial score (nSPS) is 15.4. The lowest BCUT2D eigenvalue weighted by Gasteiger charge is -2.31. The average Bonchev–Trinajstić information content (AvgIpc) is 3.20. The summed E-state index contributed by atoms with van der Waals surface area (Å²) < 4.78 is 15.4. The summed E-state index contributed by atoms with van der Waals surface area (Å²) in [6.45, 7) is 5.03. The SMILES string of the molecule is Cc1cc(CN(C[C@H]2COc3ccccc3O2)C(=O)c2cc(C)n(C)n2)n(C)n1. The fourth-order valence-corrected chi connectivity index (χ4v) is 3.45. The molecular weight excluding hydrogens is 370 g/mol. The molecule has 0 bridgehead atoms. The van der Waals surface area contributed by atoms with Gasteiger partial charge < -0.3 is 14.4 Å². The Morgan fingerprint density at radius 3 is 2.55 bits per heavy atom. The molecule has 2 aromatic heterocycles. The van der Waals surface area contributed by atoms with Crippen LogP contribution in [-0.4, -0.2) is 49.6 Å². The molecule has 4 rings (SSSR count). The van der Waals surface area contributed by atoms with E-state index in [0.29, 0.717) is 31.1 Å². The summed E-state index contributed by atoms with van der Waals surface area (Å²) >= 11 is 0. The molecule has 1 aliphatic heterocycles. The van der Waals surface area contributed by atoms with Gasteiger partial charge in [-0.05, 0) is 38.1 Å². The maximum Gasteiger partial charge on any atom is 0.274 e. The molecule has 1 aromatic carbocycles. The molecule has 0 fully saturated rings. The highest BCUT2D eigenvalue weighted by Gasteiger charge is 2.28. The van der Waals surface area contributed by atoms with Gasteiger partial charge in [0.1, 0.15) is 6.61 Å². The second-order valence-corrected chi connectivity index (χ2v) is 7.38. The average molecular weight is 395 g/mol. The maximum atomic E-state index is 13.3. The number of aromatic nitrogens is 4. The molecule has 3 heterocycles. The number of carbonyl (C=O) groups excluding carboxylic acids is 1. The molecule has 29 heavy (non-hydrogen) atoms. The Morgan fingerprint density at radius 1 is 1.14 bits per heavy atom. The van der Waals surface area contributed by atoms with Crippen LogP contribution in [-0.2, 0) is 20.6 Å². The van der Waals surface area contributed by atoms with Crippen molar-refractivity contribution in [1.82, 2.24) is 24.5 Å². The number of carbonyl (C=O) groups is 1. The number of para-hydroxylation sites is 2. The number of aryl methyl sites for hydroxylation is 4. The summed E-state index contributed by atoms with van der Waals surface area (Å²) in [5.41, 5.74) is 3.20. The lowest BCUT2D eigenvalue weighted by atomic mass is 10.2. The van der Waals surface area contributed by atoms with Gasteiger partial charge in [0.05, 0.1) is 24.5 Å². The van der Waals surface area contributed by atoms with E-state index in [1.807, 2.05) is 58.3 Å². The highest BCUT2D eigenvalue weighted by molar-refractivity contribution is 5.92. The van der Waals surface area contributed by atoms with Gasteiger partial charge in [-0.15, -0.1) is 0 Å². The minimum absolute atomic E-state index is 0.144. The van der Waals surface area contributed by atoms with E-state index in [9.17, 15) is 4.79 Å². The van der Waals surface area contributed by atoms with Gasteiger partial charge >= 0.3 is 0 Å². The lowest BCUT2D eigenvalue weighted by Crippen LogP contribution is -2.43. The first-order valence-corrected chi connectivity index (χ1v) is 9.58. The van der Waals surface area contributed by atoms with Gasteiger partial charge in [0, 0.05) is 19.8 Å². The van der Waals surface area contributed by atoms with E-state index in [1.165, 1.54) is 0 Å². The van der Waals surface area contributed by atoms with Gasteiger partial charge in [0.25, 0.3) is 5.91 Å². The van der Waals surface area contributed by atoms with Crippen molar-refractivity contribution >= 4 is 5.91 Å². The minimum atomic E-state index is -0.270. The molecule has 152 valence electrons. The third-order valence-corrected chi connectivity index (χ3v) is 5.06. The fourth-order valence-electron chi connectivity index (χ4n) is 3.45. The van der Waals surface area contributed by atoms with E-state index in [1.54, 1.807) is 20.3 Å². The Morgan fingerprint density at radius 2 is 1.90 bits per heavy atom. The zero-order valence-electron chi connectivity index (χ0n) is 17.1. The van der Waals surface area contributed by atoms with Crippen molar-refractivity contribution < 1.29 is 14.3 Å². The van der Waals surface area contributed by atoms with Gasteiger partial charge in [-0.25, -0.2) is 0 Å². The number of hydrogen-bond donors (Lipinski definition) is 0. The Balaban J connectivity index is 1.58. The molecule has 0 saturated heterocycles. The highest BCUT2D eigenvalue weighted by atomic mass is 16.6. The zero-order chi connectivity index (χ0) is 20.5. The van der Waals surface area contributed by atoms with Crippen LogP contribution in [0.25, 0.3) is 0 Å². The van der Waals surface area contributed by atoms with E-state index in [4.69, 9.17) is 9.47 Å². The van der Waals surface area contributed by atoms with Crippen LogP contribution in [0, 0.1) is 13.8 Å². The Kier molecular flexibility index (Phi) is 5.00. The number of fused-ring (bicyclic) bond motifs is 1. The summed E-state index contributed by atoms with van der Waals surface area (Å²) in [6.07, 6.45) is -0.270. The quantitative estimate of drug-likeness (QED) is 0.662. The van der Waals surface area contributed by atoms with Gasteiger partial charge in [-0.3, -0.25) is 14.2 Å². The molecule has 8 heteroatoms. The van der Waals surface area contributed by atoms with Crippen LogP contribution in [0.1, 0.15) is 27.6 Å². The standard InChI is InChI=1S/C21H25N5O3/c1-14-9-16(25(4)22-14)11-26(21(27)18-10-15(2)24(3)23-18)12-17-13-28-19-7-5-6-8-20(19)29-17/h5-10,17H,11-13H2,1-4H3/t17-/m0/s1. The van der Waals surface area contributed by atoms with E-state index in [0.717, 1.165) is 22.8 Å². The van der Waals surface area contributed by atoms with Crippen molar-refractivity contribution in [2.24, 2.45) is 14.1 Å². The van der Waals surface area contributed by atoms with Crippen LogP contribution in [0.5, 0.6) is 11.5 Å². The molecule has 1 amide bonds. The molecule has 1 atom stereocenters. The van der Waals surface area contributed by atoms with Crippen LogP contribution in [0.15, 0.2) is 36.4 Å². The second-order valence-electron chi connectivity index (χ2n) is 7.38. The van der Waals surface area contributed by atoms with Crippen LogP contribution < -0.4 is 9.47 Å². The lowest BCUT2D eigenvalue weighted by molar-refractivity contribution is 0.0435. The predicted octanol–water partition coefficient (Wildman–Crippen LogP) is 2.25. The third kappa shape index (κ3) is 3.96. The van der Waals surface area contributed by atoms with Gasteiger partial charge in [-0.1, -0.05) is 12.1 Å². The van der Waals surface area contributed by atoms with E-state index in [-0.39, 0.29) is 12.0 Å². The van der Waals surface area contributed by atoms with Crippen molar-refractivity contribution in [2.75, 3.05) is 13.2 Å². The van der Waals surface area contributed by atoms with Crippen molar-refractivity contribution in [3.8, 4) is 11.5 Å². The van der Waals surface area contributed by atoms with Crippen molar-refractivity contribution in [3.63, 3.8) is 0 Å². The highest BCUT2D eigenvalue weighted by Crippen LogP contribution is 2.31. The molecule has 8 nitrogen and oxygen atoms in total. The summed E-state index contributed by atoms with van der Waals surface area (Å²) in [5, 5.41) is 8.75. The third-order valence-electron chi connectivity index (χ3n) is 5.06. The first-order valence-electron chi connectivity index (χ1n) is 9.58. The van der Waals surface area contributed by atoms with Crippen LogP contribution in [0.3, 0.4) is 0 Å². The molecule has 0 saturated carbocycles. The molecular formula is C21H25N5O3. The van der Waals surface area contributed by atoms with Crippen LogP contribution >= 0.6 is 0 Å². The molecule has 0 radical (unpaired) electrons. The van der Waals surface area contributed by atoms with Gasteiger partial charge in [0.2, 0.25) is 0 Å². The topological polar surface area (TPSA) is 74.4 Å². The maximum absolute atomic E-state index is 13.3. The monoisotopic (exact) mass is 395 g/mol. The summed E-state index contributed by atoms with van der Waals surface area (Å²) in [7, 11) is 3.71. The van der Waals surface area contributed by atoms with Crippen LogP contribution in [0.2, 0.25) is 0 Å². The second kappa shape index (κ2) is 7.62. The largest absolute Gasteiger partial charge is 0.486 e. The number of hydrogen-bond acceptors (Lipinski definition) is 5. The molecule has 0 N–H and O–H groups in total.